The molecule has 27 heavy (non-hydrogen) atoms. The third-order valence-electron chi connectivity index (χ3n) is 3.41. The summed E-state index contributed by atoms with van der Waals surface area (Å²) in [5, 5.41) is 5.11. The molecule has 0 saturated carbocycles. The van der Waals surface area contributed by atoms with Crippen LogP contribution in [0.1, 0.15) is 21.6 Å². The molecule has 0 radical (unpaired) electrons. The highest BCUT2D eigenvalue weighted by molar-refractivity contribution is 5.90. The second kappa shape index (κ2) is 8.88. The molecule has 0 fully saturated rings. The number of nitrogens with zero attached hydrogens (tertiary/aromatic N) is 1. The van der Waals surface area contributed by atoms with Gasteiger partial charge in [-0.05, 0) is 29.7 Å². The highest BCUT2D eigenvalue weighted by Gasteiger charge is 2.31. The van der Waals surface area contributed by atoms with Crippen molar-refractivity contribution in [3.05, 3.63) is 59.4 Å². The largest absolute Gasteiger partial charge is 0.573 e. The molecule has 0 aliphatic heterocycles. The average Bonchev–Trinajstić information content (AvgIpc) is 2.60. The first-order valence-corrected chi connectivity index (χ1v) is 7.84. The number of hydrogen-bond donors (Lipinski definition) is 3. The van der Waals surface area contributed by atoms with Gasteiger partial charge in [-0.2, -0.15) is 0 Å². The zero-order valence-electron chi connectivity index (χ0n) is 14.0. The second-order valence-corrected chi connectivity index (χ2v) is 5.43. The lowest BCUT2D eigenvalue weighted by Crippen LogP contribution is -2.36. The number of halogens is 3. The van der Waals surface area contributed by atoms with Gasteiger partial charge in [-0.3, -0.25) is 9.78 Å². The summed E-state index contributed by atoms with van der Waals surface area (Å²) < 4.78 is 41.1. The monoisotopic (exact) mass is 382 g/mol. The van der Waals surface area contributed by atoms with E-state index < -0.39 is 18.3 Å². The third kappa shape index (κ3) is 6.84. The van der Waals surface area contributed by atoms with Gasteiger partial charge in [0.25, 0.3) is 5.91 Å². The lowest BCUT2D eigenvalue weighted by molar-refractivity contribution is -0.274. The van der Waals surface area contributed by atoms with Crippen molar-refractivity contribution >= 4 is 11.9 Å². The molecule has 1 aromatic heterocycles. The van der Waals surface area contributed by atoms with Crippen LogP contribution in [0.15, 0.2) is 42.6 Å². The molecule has 0 aliphatic rings. The molecule has 0 aliphatic carbocycles. The Bertz CT molecular complexity index is 795. The Kier molecular flexibility index (Phi) is 6.58. The summed E-state index contributed by atoms with van der Waals surface area (Å²) in [6.45, 7) is 0.272. The fourth-order valence-corrected chi connectivity index (χ4v) is 2.16. The van der Waals surface area contributed by atoms with Crippen molar-refractivity contribution in [1.82, 2.24) is 15.6 Å². The van der Waals surface area contributed by atoms with E-state index in [1.54, 1.807) is 12.1 Å². The standard InChI is InChI=1S/C17H17F3N4O3/c18-17(19,20)27-14-4-2-1-3-12(14)7-8-22-16(26)24-10-11-5-6-13(15(21)25)23-9-11/h1-6,9H,7-8,10H2,(H2,21,25)(H2,22,24,26). The number of aromatic nitrogens is 1. The number of carbonyl (C=O) groups excluding carboxylic acids is 2. The van der Waals surface area contributed by atoms with Crippen LogP contribution in [0.3, 0.4) is 0 Å². The molecule has 0 unspecified atom stereocenters. The van der Waals surface area contributed by atoms with Crippen LogP contribution in [0.5, 0.6) is 5.75 Å². The molecule has 2 aromatic rings. The van der Waals surface area contributed by atoms with E-state index in [1.165, 1.54) is 30.5 Å². The Morgan fingerprint density at radius 2 is 1.85 bits per heavy atom. The summed E-state index contributed by atoms with van der Waals surface area (Å²) >= 11 is 0. The van der Waals surface area contributed by atoms with Crippen LogP contribution in [0.25, 0.3) is 0 Å². The molecular formula is C17H17F3N4O3. The van der Waals surface area contributed by atoms with E-state index in [4.69, 9.17) is 5.73 Å². The maximum absolute atomic E-state index is 12.4. The number of rotatable bonds is 7. The molecule has 1 heterocycles. The van der Waals surface area contributed by atoms with Crippen LogP contribution in [0.2, 0.25) is 0 Å². The van der Waals surface area contributed by atoms with Gasteiger partial charge in [0.05, 0.1) is 0 Å². The van der Waals surface area contributed by atoms with Gasteiger partial charge < -0.3 is 21.1 Å². The Morgan fingerprint density at radius 3 is 2.48 bits per heavy atom. The zero-order valence-corrected chi connectivity index (χ0v) is 14.0. The number of nitrogens with two attached hydrogens (primary N) is 1. The smallest absolute Gasteiger partial charge is 0.406 e. The summed E-state index contributed by atoms with van der Waals surface area (Å²) in [7, 11) is 0. The van der Waals surface area contributed by atoms with Gasteiger partial charge in [0.15, 0.2) is 0 Å². The van der Waals surface area contributed by atoms with E-state index in [1.807, 2.05) is 0 Å². The number of carbonyl (C=O) groups is 2. The molecular weight excluding hydrogens is 365 g/mol. The van der Waals surface area contributed by atoms with Gasteiger partial charge in [-0.1, -0.05) is 24.3 Å². The number of pyridine rings is 1. The quantitative estimate of drug-likeness (QED) is 0.682. The van der Waals surface area contributed by atoms with E-state index in [2.05, 4.69) is 20.4 Å². The van der Waals surface area contributed by atoms with Crippen molar-refractivity contribution in [3.63, 3.8) is 0 Å². The van der Waals surface area contributed by atoms with Crippen molar-refractivity contribution < 1.29 is 27.5 Å². The van der Waals surface area contributed by atoms with E-state index >= 15 is 0 Å². The molecule has 0 saturated heterocycles. The molecule has 10 heteroatoms. The number of ether oxygens (including phenoxy) is 1. The molecule has 1 aromatic carbocycles. The van der Waals surface area contributed by atoms with Gasteiger partial charge >= 0.3 is 12.4 Å². The predicted octanol–water partition coefficient (Wildman–Crippen LogP) is 2.12. The van der Waals surface area contributed by atoms with Crippen LogP contribution >= 0.6 is 0 Å². The molecule has 4 N–H and O–H groups in total. The van der Waals surface area contributed by atoms with Crippen molar-refractivity contribution in [2.24, 2.45) is 5.73 Å². The molecule has 0 atom stereocenters. The maximum atomic E-state index is 12.4. The first-order valence-electron chi connectivity index (χ1n) is 7.84. The first kappa shape index (κ1) is 20.0. The Hall–Kier alpha value is -3.30. The summed E-state index contributed by atoms with van der Waals surface area (Å²) in [5.74, 6) is -0.949. The molecule has 0 spiro atoms. The number of nitrogens with one attached hydrogen (secondary N) is 2. The summed E-state index contributed by atoms with van der Waals surface area (Å²) in [5.41, 5.74) is 6.17. The molecule has 0 bridgehead atoms. The lowest BCUT2D eigenvalue weighted by atomic mass is 10.1. The number of para-hydroxylation sites is 1. The van der Waals surface area contributed by atoms with Crippen LogP contribution < -0.4 is 21.1 Å². The average molecular weight is 382 g/mol. The van der Waals surface area contributed by atoms with E-state index in [9.17, 15) is 22.8 Å². The zero-order chi connectivity index (χ0) is 19.9. The van der Waals surface area contributed by atoms with E-state index in [0.717, 1.165) is 0 Å². The minimum Gasteiger partial charge on any atom is -0.406 e. The fourth-order valence-electron chi connectivity index (χ4n) is 2.16. The van der Waals surface area contributed by atoms with Gasteiger partial charge in [-0.25, -0.2) is 4.79 Å². The first-order chi connectivity index (χ1) is 12.7. The highest BCUT2D eigenvalue weighted by Crippen LogP contribution is 2.26. The Labute approximate surface area is 152 Å². The Morgan fingerprint density at radius 1 is 1.11 bits per heavy atom. The van der Waals surface area contributed by atoms with Crippen LogP contribution in [0.4, 0.5) is 18.0 Å². The number of amides is 3. The second-order valence-electron chi connectivity index (χ2n) is 5.43. The van der Waals surface area contributed by atoms with Crippen molar-refractivity contribution in [3.8, 4) is 5.75 Å². The van der Waals surface area contributed by atoms with Gasteiger partial charge in [0.1, 0.15) is 11.4 Å². The highest BCUT2D eigenvalue weighted by atomic mass is 19.4. The third-order valence-corrected chi connectivity index (χ3v) is 3.41. The minimum atomic E-state index is -4.78. The number of alkyl halides is 3. The van der Waals surface area contributed by atoms with Crippen LogP contribution in [0, 0.1) is 0 Å². The van der Waals surface area contributed by atoms with Crippen molar-refractivity contribution in [1.29, 1.82) is 0 Å². The van der Waals surface area contributed by atoms with Crippen molar-refractivity contribution in [2.45, 2.75) is 19.3 Å². The van der Waals surface area contributed by atoms with E-state index in [-0.39, 0.29) is 31.0 Å². The van der Waals surface area contributed by atoms with Crippen molar-refractivity contribution in [2.75, 3.05) is 6.54 Å². The summed E-state index contributed by atoms with van der Waals surface area (Å²) in [6.07, 6.45) is -3.21. The Balaban J connectivity index is 1.79. The molecule has 7 nitrogen and oxygen atoms in total. The van der Waals surface area contributed by atoms with Gasteiger partial charge in [0.2, 0.25) is 0 Å². The number of urea groups is 1. The molecule has 2 rings (SSSR count). The maximum Gasteiger partial charge on any atom is 0.573 e. The topological polar surface area (TPSA) is 106 Å². The molecule has 3 amide bonds. The van der Waals surface area contributed by atoms with Crippen LogP contribution in [-0.2, 0) is 13.0 Å². The lowest BCUT2D eigenvalue weighted by Gasteiger charge is -2.13. The fraction of sp³-hybridized carbons (Fsp3) is 0.235. The van der Waals surface area contributed by atoms with Gasteiger partial charge in [0, 0.05) is 19.3 Å². The SMILES string of the molecule is NC(=O)c1ccc(CNC(=O)NCCc2ccccc2OC(F)(F)F)cn1. The summed E-state index contributed by atoms with van der Waals surface area (Å²) in [6, 6.07) is 8.26. The number of hydrogen-bond acceptors (Lipinski definition) is 4. The van der Waals surface area contributed by atoms with Crippen LogP contribution in [-0.4, -0.2) is 29.8 Å². The van der Waals surface area contributed by atoms with Gasteiger partial charge in [-0.15, -0.1) is 13.2 Å². The number of benzene rings is 1. The molecule has 144 valence electrons. The number of primary amides is 1. The minimum absolute atomic E-state index is 0.114. The predicted molar refractivity (Wildman–Crippen MR) is 89.8 cm³/mol. The van der Waals surface area contributed by atoms with E-state index in [0.29, 0.717) is 11.1 Å². The summed E-state index contributed by atoms with van der Waals surface area (Å²) in [4.78, 5) is 26.5. The normalized spacial score (nSPS) is 10.9.